The van der Waals surface area contributed by atoms with Gasteiger partial charge in [0.25, 0.3) is 0 Å². The van der Waals surface area contributed by atoms with Crippen LogP contribution in [0.1, 0.15) is 26.1 Å². The summed E-state index contributed by atoms with van der Waals surface area (Å²) in [5, 5.41) is 10.3. The Morgan fingerprint density at radius 3 is 2.76 bits per heavy atom. The van der Waals surface area contributed by atoms with Crippen molar-refractivity contribution in [2.75, 3.05) is 5.75 Å². The van der Waals surface area contributed by atoms with Crippen LogP contribution in [0, 0.1) is 5.92 Å². The molecular weight excluding hydrogens is 424 g/mol. The van der Waals surface area contributed by atoms with E-state index in [0.717, 1.165) is 33.2 Å². The highest BCUT2D eigenvalue weighted by Gasteiger charge is 2.17. The maximum Gasteiger partial charge on any atom is 0.308 e. The topological polar surface area (TPSA) is 52.7 Å². The van der Waals surface area contributed by atoms with Crippen LogP contribution >= 0.6 is 34.7 Å². The van der Waals surface area contributed by atoms with Crippen LogP contribution < -0.4 is 4.87 Å². The van der Waals surface area contributed by atoms with Crippen molar-refractivity contribution >= 4 is 44.9 Å². The van der Waals surface area contributed by atoms with Gasteiger partial charge in [-0.2, -0.15) is 0 Å². The van der Waals surface area contributed by atoms with Gasteiger partial charge in [0, 0.05) is 10.8 Å². The van der Waals surface area contributed by atoms with E-state index < -0.39 is 0 Å². The van der Waals surface area contributed by atoms with E-state index in [-0.39, 0.29) is 4.87 Å². The van der Waals surface area contributed by atoms with Gasteiger partial charge in [-0.1, -0.05) is 66.7 Å². The molecule has 2 aromatic carbocycles. The van der Waals surface area contributed by atoms with Gasteiger partial charge in [0.15, 0.2) is 11.0 Å². The molecule has 4 aromatic rings. The number of rotatable bonds is 7. The number of fused-ring (bicyclic) bond motifs is 1. The molecule has 150 valence electrons. The highest BCUT2D eigenvalue weighted by atomic mass is 35.5. The Hall–Kier alpha value is -2.09. The Labute approximate surface area is 182 Å². The fourth-order valence-corrected chi connectivity index (χ4v) is 5.35. The van der Waals surface area contributed by atoms with Crippen molar-refractivity contribution in [3.8, 4) is 5.69 Å². The predicted molar refractivity (Wildman–Crippen MR) is 122 cm³/mol. The number of halogens is 1. The first kappa shape index (κ1) is 20.2. The second-order valence-electron chi connectivity index (χ2n) is 7.17. The van der Waals surface area contributed by atoms with Gasteiger partial charge in [-0.15, -0.1) is 10.2 Å². The van der Waals surface area contributed by atoms with Crippen LogP contribution in [0.4, 0.5) is 0 Å². The summed E-state index contributed by atoms with van der Waals surface area (Å²) in [7, 11) is 0. The summed E-state index contributed by atoms with van der Waals surface area (Å²) in [6, 6.07) is 15.5. The molecule has 0 bridgehead atoms. The molecule has 0 spiro atoms. The van der Waals surface area contributed by atoms with Crippen molar-refractivity contribution in [1.29, 1.82) is 0 Å². The molecule has 0 unspecified atom stereocenters. The molecule has 2 heterocycles. The smallest absolute Gasteiger partial charge is 0.291 e. The summed E-state index contributed by atoms with van der Waals surface area (Å²) in [6.45, 7) is 4.77. The Morgan fingerprint density at radius 2 is 1.97 bits per heavy atom. The maximum absolute atomic E-state index is 12.6. The second kappa shape index (κ2) is 8.73. The van der Waals surface area contributed by atoms with E-state index in [4.69, 9.17) is 11.6 Å². The Balaban J connectivity index is 1.75. The molecule has 4 rings (SSSR count). The first-order valence-corrected chi connectivity index (χ1v) is 11.6. The molecule has 0 N–H and O–H groups in total. The standard InChI is InChI=1S/C21H21ClN4OS2/c1-14(2)10-11-28-20-24-23-19(26(20)16-7-5-6-15(22)12-16)13-25-17-8-3-4-9-18(17)29-21(25)27/h3-9,12,14H,10-11,13H2,1-2H3. The lowest BCUT2D eigenvalue weighted by molar-refractivity contribution is 0.631. The third kappa shape index (κ3) is 4.42. The van der Waals surface area contributed by atoms with E-state index in [9.17, 15) is 4.79 Å². The molecule has 0 fully saturated rings. The molecule has 0 saturated carbocycles. The number of aromatic nitrogens is 4. The fourth-order valence-electron chi connectivity index (χ4n) is 3.06. The molecule has 2 aromatic heterocycles. The van der Waals surface area contributed by atoms with Gasteiger partial charge in [-0.05, 0) is 42.7 Å². The van der Waals surface area contributed by atoms with Crippen LogP contribution in [0.3, 0.4) is 0 Å². The van der Waals surface area contributed by atoms with Crippen molar-refractivity contribution < 1.29 is 0 Å². The zero-order valence-corrected chi connectivity index (χ0v) is 18.6. The van der Waals surface area contributed by atoms with E-state index in [1.807, 2.05) is 53.1 Å². The number of thioether (sulfide) groups is 1. The van der Waals surface area contributed by atoms with Crippen molar-refractivity contribution in [1.82, 2.24) is 19.3 Å². The monoisotopic (exact) mass is 444 g/mol. The van der Waals surface area contributed by atoms with Crippen LogP contribution in [0.5, 0.6) is 0 Å². The van der Waals surface area contributed by atoms with Gasteiger partial charge < -0.3 is 0 Å². The number of para-hydroxylation sites is 1. The number of hydrogen-bond donors (Lipinski definition) is 0. The minimum absolute atomic E-state index is 0.000792. The molecule has 8 heteroatoms. The van der Waals surface area contributed by atoms with Crippen molar-refractivity contribution in [3.63, 3.8) is 0 Å². The Kier molecular flexibility index (Phi) is 6.08. The van der Waals surface area contributed by atoms with Gasteiger partial charge in [0.2, 0.25) is 0 Å². The first-order valence-electron chi connectivity index (χ1n) is 9.44. The van der Waals surface area contributed by atoms with Crippen LogP contribution in [0.15, 0.2) is 58.5 Å². The zero-order chi connectivity index (χ0) is 20.4. The van der Waals surface area contributed by atoms with Crippen LogP contribution in [0.2, 0.25) is 5.02 Å². The van der Waals surface area contributed by atoms with Crippen molar-refractivity contribution in [2.24, 2.45) is 5.92 Å². The maximum atomic E-state index is 12.6. The second-order valence-corrected chi connectivity index (χ2v) is 9.66. The third-order valence-electron chi connectivity index (χ3n) is 4.57. The lowest BCUT2D eigenvalue weighted by Gasteiger charge is -2.11. The van der Waals surface area contributed by atoms with E-state index in [0.29, 0.717) is 23.3 Å². The van der Waals surface area contributed by atoms with E-state index >= 15 is 0 Å². The molecule has 0 saturated heterocycles. The highest BCUT2D eigenvalue weighted by Crippen LogP contribution is 2.26. The number of thiazole rings is 1. The van der Waals surface area contributed by atoms with Crippen LogP contribution in [-0.4, -0.2) is 25.1 Å². The van der Waals surface area contributed by atoms with E-state index in [1.54, 1.807) is 16.3 Å². The van der Waals surface area contributed by atoms with Gasteiger partial charge in [-0.3, -0.25) is 13.9 Å². The Bertz CT molecular complexity index is 1190. The molecule has 0 aliphatic carbocycles. The zero-order valence-electron chi connectivity index (χ0n) is 16.2. The van der Waals surface area contributed by atoms with Crippen molar-refractivity contribution in [3.05, 3.63) is 69.0 Å². The summed E-state index contributed by atoms with van der Waals surface area (Å²) in [6.07, 6.45) is 1.09. The molecule has 5 nitrogen and oxygen atoms in total. The average Bonchev–Trinajstić information content (AvgIpc) is 3.23. The van der Waals surface area contributed by atoms with Gasteiger partial charge in [-0.25, -0.2) is 0 Å². The summed E-state index contributed by atoms with van der Waals surface area (Å²) >= 11 is 9.17. The summed E-state index contributed by atoms with van der Waals surface area (Å²) < 4.78 is 4.74. The molecule has 0 aliphatic heterocycles. The molecule has 29 heavy (non-hydrogen) atoms. The van der Waals surface area contributed by atoms with E-state index in [1.165, 1.54) is 11.3 Å². The molecule has 0 radical (unpaired) electrons. The fraction of sp³-hybridized carbons (Fsp3) is 0.286. The number of hydrogen-bond acceptors (Lipinski definition) is 5. The van der Waals surface area contributed by atoms with E-state index in [2.05, 4.69) is 24.0 Å². The first-order chi connectivity index (χ1) is 14.0. The lowest BCUT2D eigenvalue weighted by Crippen LogP contribution is -2.17. The molecular formula is C21H21ClN4OS2. The van der Waals surface area contributed by atoms with Crippen LogP contribution in [0.25, 0.3) is 15.9 Å². The number of nitrogens with zero attached hydrogens (tertiary/aromatic N) is 4. The van der Waals surface area contributed by atoms with Gasteiger partial charge in [0.1, 0.15) is 0 Å². The SMILES string of the molecule is CC(C)CCSc1nnc(Cn2c(=O)sc3ccccc32)n1-c1cccc(Cl)c1. The summed E-state index contributed by atoms with van der Waals surface area (Å²) in [4.78, 5) is 12.6. The molecule has 0 aliphatic rings. The highest BCUT2D eigenvalue weighted by molar-refractivity contribution is 7.99. The van der Waals surface area contributed by atoms with Crippen molar-refractivity contribution in [2.45, 2.75) is 32.0 Å². The van der Waals surface area contributed by atoms with Gasteiger partial charge >= 0.3 is 4.87 Å². The minimum Gasteiger partial charge on any atom is -0.291 e. The quantitative estimate of drug-likeness (QED) is 0.354. The third-order valence-corrected chi connectivity index (χ3v) is 6.72. The Morgan fingerprint density at radius 1 is 1.14 bits per heavy atom. The minimum atomic E-state index is 0.000792. The molecule has 0 amide bonds. The number of benzene rings is 2. The largest absolute Gasteiger partial charge is 0.308 e. The van der Waals surface area contributed by atoms with Crippen LogP contribution in [-0.2, 0) is 6.54 Å². The lowest BCUT2D eigenvalue weighted by atomic mass is 10.2. The molecule has 0 atom stereocenters. The van der Waals surface area contributed by atoms with Gasteiger partial charge in [0.05, 0.1) is 22.4 Å². The predicted octanol–water partition coefficient (Wildman–Crippen LogP) is 5.48. The summed E-state index contributed by atoms with van der Waals surface area (Å²) in [5.41, 5.74) is 1.81. The normalized spacial score (nSPS) is 11.6. The average molecular weight is 445 g/mol. The summed E-state index contributed by atoms with van der Waals surface area (Å²) in [5.74, 6) is 2.29.